The highest BCUT2D eigenvalue weighted by Gasteiger charge is 2.26. The predicted molar refractivity (Wildman–Crippen MR) is 108 cm³/mol. The Hall–Kier alpha value is -2.55. The lowest BCUT2D eigenvalue weighted by Crippen LogP contribution is -2.50. The average molecular weight is 370 g/mol. The van der Waals surface area contributed by atoms with E-state index < -0.39 is 0 Å². The van der Waals surface area contributed by atoms with E-state index in [-0.39, 0.29) is 5.92 Å². The quantitative estimate of drug-likeness (QED) is 0.597. The summed E-state index contributed by atoms with van der Waals surface area (Å²) < 4.78 is 0. The van der Waals surface area contributed by atoms with Crippen LogP contribution >= 0.6 is 0 Å². The van der Waals surface area contributed by atoms with Gasteiger partial charge in [-0.05, 0) is 43.4 Å². The first-order valence-electron chi connectivity index (χ1n) is 9.86. The van der Waals surface area contributed by atoms with Crippen LogP contribution in [0.3, 0.4) is 0 Å². The molecule has 1 heterocycles. The van der Waals surface area contributed by atoms with E-state index >= 15 is 0 Å². The normalized spacial score (nSPS) is 15.5. The van der Waals surface area contributed by atoms with Crippen LogP contribution in [0.15, 0.2) is 29.3 Å². The molecule has 1 aromatic rings. The minimum Gasteiger partial charge on any atom is -0.354 e. The first-order valence-corrected chi connectivity index (χ1v) is 9.86. The summed E-state index contributed by atoms with van der Waals surface area (Å²) in [4.78, 5) is 18.8. The Kier molecular flexibility index (Phi) is 8.12. The second-order valence-electron chi connectivity index (χ2n) is 6.99. The SMILES string of the molecule is CCC(CC)C(=O)N1CCC(NC(=NC)NCc2ccc(C#N)cc2)CC1. The number of aliphatic imine (C=N–C) groups is 1. The molecule has 1 amide bonds. The van der Waals surface area contributed by atoms with Crippen LogP contribution in [-0.2, 0) is 11.3 Å². The minimum absolute atomic E-state index is 0.163. The molecule has 0 radical (unpaired) electrons. The molecule has 1 aliphatic heterocycles. The van der Waals surface area contributed by atoms with Gasteiger partial charge in [-0.3, -0.25) is 9.79 Å². The fourth-order valence-corrected chi connectivity index (χ4v) is 3.41. The van der Waals surface area contributed by atoms with E-state index in [1.54, 1.807) is 7.05 Å². The molecule has 1 saturated heterocycles. The number of nitrogens with zero attached hydrogens (tertiary/aromatic N) is 3. The van der Waals surface area contributed by atoms with Crippen molar-refractivity contribution in [2.75, 3.05) is 20.1 Å². The number of hydrogen-bond acceptors (Lipinski definition) is 3. The van der Waals surface area contributed by atoms with Crippen molar-refractivity contribution in [2.24, 2.45) is 10.9 Å². The monoisotopic (exact) mass is 369 g/mol. The van der Waals surface area contributed by atoms with Gasteiger partial charge in [0.25, 0.3) is 0 Å². The van der Waals surface area contributed by atoms with Crippen molar-refractivity contribution in [3.63, 3.8) is 0 Å². The van der Waals surface area contributed by atoms with Crippen molar-refractivity contribution in [1.29, 1.82) is 5.26 Å². The van der Waals surface area contributed by atoms with Gasteiger partial charge >= 0.3 is 0 Å². The van der Waals surface area contributed by atoms with Crippen LogP contribution in [-0.4, -0.2) is 42.9 Å². The lowest BCUT2D eigenvalue weighted by atomic mass is 9.98. The van der Waals surface area contributed by atoms with Gasteiger partial charge in [-0.2, -0.15) is 5.26 Å². The Labute approximate surface area is 162 Å². The van der Waals surface area contributed by atoms with E-state index in [2.05, 4.69) is 35.5 Å². The summed E-state index contributed by atoms with van der Waals surface area (Å²) in [5.41, 5.74) is 1.76. The van der Waals surface area contributed by atoms with Gasteiger partial charge in [0.1, 0.15) is 0 Å². The topological polar surface area (TPSA) is 80.5 Å². The van der Waals surface area contributed by atoms with E-state index in [1.165, 1.54) is 0 Å². The Balaban J connectivity index is 1.79. The molecule has 0 bridgehead atoms. The molecule has 6 nitrogen and oxygen atoms in total. The minimum atomic E-state index is 0.163. The number of carbonyl (C=O) groups excluding carboxylic acids is 1. The molecule has 1 aromatic carbocycles. The van der Waals surface area contributed by atoms with Gasteiger partial charge in [-0.25, -0.2) is 0 Å². The molecule has 1 aliphatic rings. The maximum absolute atomic E-state index is 12.5. The number of nitrogens with one attached hydrogen (secondary N) is 2. The smallest absolute Gasteiger partial charge is 0.225 e. The van der Waals surface area contributed by atoms with Crippen LogP contribution in [0.2, 0.25) is 0 Å². The molecule has 27 heavy (non-hydrogen) atoms. The van der Waals surface area contributed by atoms with Gasteiger partial charge in [-0.15, -0.1) is 0 Å². The summed E-state index contributed by atoms with van der Waals surface area (Å²) in [6.45, 7) is 6.43. The summed E-state index contributed by atoms with van der Waals surface area (Å²) in [6, 6.07) is 9.98. The molecule has 2 rings (SSSR count). The van der Waals surface area contributed by atoms with Gasteiger partial charge in [0.2, 0.25) is 5.91 Å². The Morgan fingerprint density at radius 3 is 2.41 bits per heavy atom. The predicted octanol–water partition coefficient (Wildman–Crippen LogP) is 2.65. The largest absolute Gasteiger partial charge is 0.354 e. The van der Waals surface area contributed by atoms with Gasteiger partial charge < -0.3 is 15.5 Å². The first-order chi connectivity index (χ1) is 13.1. The Bertz CT molecular complexity index is 665. The van der Waals surface area contributed by atoms with Crippen LogP contribution < -0.4 is 10.6 Å². The lowest BCUT2D eigenvalue weighted by Gasteiger charge is -2.34. The zero-order valence-electron chi connectivity index (χ0n) is 16.7. The third kappa shape index (κ3) is 5.99. The highest BCUT2D eigenvalue weighted by Crippen LogP contribution is 2.17. The molecular formula is C21H31N5O. The zero-order valence-corrected chi connectivity index (χ0v) is 16.7. The fourth-order valence-electron chi connectivity index (χ4n) is 3.41. The van der Waals surface area contributed by atoms with Crippen molar-refractivity contribution in [3.05, 3.63) is 35.4 Å². The van der Waals surface area contributed by atoms with Crippen LogP contribution in [0.4, 0.5) is 0 Å². The molecule has 0 atom stereocenters. The molecule has 146 valence electrons. The third-order valence-corrected chi connectivity index (χ3v) is 5.25. The standard InChI is InChI=1S/C21H31N5O/c1-4-18(5-2)20(27)26-12-10-19(11-13-26)25-21(23-3)24-15-17-8-6-16(14-22)7-9-17/h6-9,18-19H,4-5,10-13,15H2,1-3H3,(H2,23,24,25). The first kappa shape index (κ1) is 20.8. The van der Waals surface area contributed by atoms with Crippen molar-refractivity contribution in [3.8, 4) is 6.07 Å². The maximum Gasteiger partial charge on any atom is 0.225 e. The average Bonchev–Trinajstić information content (AvgIpc) is 2.72. The summed E-state index contributed by atoms with van der Waals surface area (Å²) in [5.74, 6) is 1.24. The molecule has 0 spiro atoms. The highest BCUT2D eigenvalue weighted by molar-refractivity contribution is 5.80. The molecule has 1 fully saturated rings. The second-order valence-corrected chi connectivity index (χ2v) is 6.99. The lowest BCUT2D eigenvalue weighted by molar-refractivity contribution is -0.136. The number of carbonyl (C=O) groups is 1. The van der Waals surface area contributed by atoms with Gasteiger partial charge in [-0.1, -0.05) is 26.0 Å². The number of hydrogen-bond donors (Lipinski definition) is 2. The molecule has 0 aromatic heterocycles. The van der Waals surface area contributed by atoms with E-state index in [0.29, 0.717) is 24.1 Å². The number of rotatable bonds is 6. The van der Waals surface area contributed by atoms with Crippen LogP contribution in [0.5, 0.6) is 0 Å². The Morgan fingerprint density at radius 1 is 1.26 bits per heavy atom. The van der Waals surface area contributed by atoms with Crippen LogP contribution in [0, 0.1) is 17.2 Å². The summed E-state index contributed by atoms with van der Waals surface area (Å²) >= 11 is 0. The van der Waals surface area contributed by atoms with Crippen LogP contribution in [0.25, 0.3) is 0 Å². The van der Waals surface area contributed by atoms with Crippen molar-refractivity contribution >= 4 is 11.9 Å². The van der Waals surface area contributed by atoms with Gasteiger partial charge in [0.05, 0.1) is 11.6 Å². The summed E-state index contributed by atoms with van der Waals surface area (Å²) in [7, 11) is 1.76. The van der Waals surface area contributed by atoms with E-state index in [1.807, 2.05) is 29.2 Å². The number of likely N-dealkylation sites (tertiary alicyclic amines) is 1. The third-order valence-electron chi connectivity index (χ3n) is 5.25. The van der Waals surface area contributed by atoms with Crippen molar-refractivity contribution in [1.82, 2.24) is 15.5 Å². The molecular weight excluding hydrogens is 338 g/mol. The Morgan fingerprint density at radius 2 is 1.89 bits per heavy atom. The molecule has 0 unspecified atom stereocenters. The number of amides is 1. The second kappa shape index (κ2) is 10.6. The summed E-state index contributed by atoms with van der Waals surface area (Å²) in [5, 5.41) is 15.6. The molecule has 6 heteroatoms. The van der Waals surface area contributed by atoms with Crippen LogP contribution in [0.1, 0.15) is 50.7 Å². The zero-order chi connectivity index (χ0) is 19.6. The van der Waals surface area contributed by atoms with E-state index in [4.69, 9.17) is 5.26 Å². The summed E-state index contributed by atoms with van der Waals surface area (Å²) in [6.07, 6.45) is 3.70. The highest BCUT2D eigenvalue weighted by atomic mass is 16.2. The van der Waals surface area contributed by atoms with Gasteiger partial charge in [0.15, 0.2) is 5.96 Å². The molecule has 2 N–H and O–H groups in total. The number of piperidine rings is 1. The molecule has 0 aliphatic carbocycles. The maximum atomic E-state index is 12.5. The van der Waals surface area contributed by atoms with Crippen molar-refractivity contribution in [2.45, 2.75) is 52.1 Å². The number of benzene rings is 1. The van der Waals surface area contributed by atoms with Crippen molar-refractivity contribution < 1.29 is 4.79 Å². The van der Waals surface area contributed by atoms with Gasteiger partial charge in [0, 0.05) is 38.6 Å². The molecule has 0 saturated carbocycles. The van der Waals surface area contributed by atoms with E-state index in [0.717, 1.165) is 50.3 Å². The van der Waals surface area contributed by atoms with E-state index in [9.17, 15) is 4.79 Å². The number of nitriles is 1. The number of guanidine groups is 1. The fraction of sp³-hybridized carbons (Fsp3) is 0.571.